The average molecular weight is 430 g/mol. The van der Waals surface area contributed by atoms with Gasteiger partial charge < -0.3 is 19.7 Å². The summed E-state index contributed by atoms with van der Waals surface area (Å²) in [6.07, 6.45) is 1.48. The molecule has 0 saturated heterocycles. The predicted octanol–water partition coefficient (Wildman–Crippen LogP) is 4.08. The second-order valence-corrected chi connectivity index (χ2v) is 7.09. The Morgan fingerprint density at radius 1 is 0.969 bits per heavy atom. The van der Waals surface area contributed by atoms with E-state index in [-0.39, 0.29) is 12.4 Å². The molecule has 0 amide bonds. The van der Waals surface area contributed by atoms with Crippen molar-refractivity contribution in [3.63, 3.8) is 0 Å². The number of benzene rings is 2. The molecule has 2 aliphatic rings. The molecular formula is C25H22N2O5. The number of ether oxygens (including phenoxy) is 2. The Labute approximate surface area is 185 Å². The quantitative estimate of drug-likeness (QED) is 0.332. The molecule has 0 aromatic heterocycles. The number of aromatic nitrogens is 1. The highest BCUT2D eigenvalue weighted by molar-refractivity contribution is 6.14. The van der Waals surface area contributed by atoms with Gasteiger partial charge in [-0.3, -0.25) is 4.79 Å². The molecule has 1 heterocycles. The van der Waals surface area contributed by atoms with Crippen LogP contribution in [-0.4, -0.2) is 30.1 Å². The zero-order chi connectivity index (χ0) is 22.5. The summed E-state index contributed by atoms with van der Waals surface area (Å²) in [5, 5.41) is 4.16. The third kappa shape index (κ3) is 4.38. The number of fused-ring (bicyclic) bond motifs is 1. The first-order chi connectivity index (χ1) is 15.6. The number of ketones is 1. The van der Waals surface area contributed by atoms with E-state index in [1.165, 1.54) is 6.26 Å². The number of hydrogen-bond acceptors (Lipinski definition) is 7. The first-order valence-electron chi connectivity index (χ1n) is 10.2. The van der Waals surface area contributed by atoms with Gasteiger partial charge in [-0.2, -0.15) is 0 Å². The number of carbonyl (C=O) groups excluding carboxylic acids is 2. The van der Waals surface area contributed by atoms with Crippen molar-refractivity contribution in [1.29, 1.82) is 0 Å². The third-order valence-corrected chi connectivity index (χ3v) is 5.05. The van der Waals surface area contributed by atoms with Gasteiger partial charge in [-0.05, 0) is 42.8 Å². The van der Waals surface area contributed by atoms with E-state index < -0.39 is 5.97 Å². The van der Waals surface area contributed by atoms with Crippen LogP contribution in [0.15, 0.2) is 71.4 Å². The Morgan fingerprint density at radius 3 is 2.41 bits per heavy atom. The largest absolute Gasteiger partial charge is 0.482 e. The molecule has 0 bridgehead atoms. The number of nitrogens with two attached hydrogens (primary N) is 1. The first kappa shape index (κ1) is 21.3. The second-order valence-electron chi connectivity index (χ2n) is 7.09. The Hall–Kier alpha value is -3.97. The fourth-order valence-electron chi connectivity index (χ4n) is 3.41. The van der Waals surface area contributed by atoms with Crippen molar-refractivity contribution in [1.82, 2.24) is 5.16 Å². The smallest absolute Gasteiger partial charge is 0.344 e. The van der Waals surface area contributed by atoms with Crippen LogP contribution in [0.25, 0.3) is 22.4 Å². The highest BCUT2D eigenvalue weighted by Crippen LogP contribution is 2.36. The van der Waals surface area contributed by atoms with Crippen molar-refractivity contribution in [2.45, 2.75) is 13.5 Å². The SMILES string of the molecule is CCOC(=O)COc1ccc(-c2nocc3c(C(=O)c4ccc(CN)cc4)ccc2-3)cc1. The molecular weight excluding hydrogens is 408 g/mol. The Balaban J connectivity index is 1.55. The Morgan fingerprint density at radius 2 is 1.72 bits per heavy atom. The molecule has 0 unspecified atom stereocenters. The zero-order valence-electron chi connectivity index (χ0n) is 17.5. The van der Waals surface area contributed by atoms with Crippen LogP contribution < -0.4 is 10.5 Å². The summed E-state index contributed by atoms with van der Waals surface area (Å²) < 4.78 is 15.6. The lowest BCUT2D eigenvalue weighted by Crippen LogP contribution is -2.14. The Kier molecular flexibility index (Phi) is 6.28. The molecule has 1 aliphatic heterocycles. The van der Waals surface area contributed by atoms with E-state index in [9.17, 15) is 9.59 Å². The first-order valence-corrected chi connectivity index (χ1v) is 10.2. The summed E-state index contributed by atoms with van der Waals surface area (Å²) in [5.74, 6) is 0.0114. The molecule has 2 aromatic carbocycles. The highest BCUT2D eigenvalue weighted by Gasteiger charge is 2.22. The third-order valence-electron chi connectivity index (χ3n) is 5.05. The highest BCUT2D eigenvalue weighted by atomic mass is 16.6. The van der Waals surface area contributed by atoms with Gasteiger partial charge in [0.05, 0.1) is 6.61 Å². The molecule has 4 rings (SSSR count). The summed E-state index contributed by atoms with van der Waals surface area (Å²) in [7, 11) is 0. The van der Waals surface area contributed by atoms with Gasteiger partial charge in [0.25, 0.3) is 0 Å². The average Bonchev–Trinajstić information content (AvgIpc) is 3.27. The van der Waals surface area contributed by atoms with Crippen LogP contribution >= 0.6 is 0 Å². The normalized spacial score (nSPS) is 10.8. The van der Waals surface area contributed by atoms with Crippen LogP contribution in [0.1, 0.15) is 28.4 Å². The lowest BCUT2D eigenvalue weighted by atomic mass is 9.98. The van der Waals surface area contributed by atoms with Crippen molar-refractivity contribution in [3.05, 3.63) is 83.6 Å². The van der Waals surface area contributed by atoms with E-state index in [2.05, 4.69) is 5.16 Å². The van der Waals surface area contributed by atoms with Gasteiger partial charge in [0.2, 0.25) is 0 Å². The minimum absolute atomic E-state index is 0.0985. The fraction of sp³-hybridized carbons (Fsp3) is 0.160. The summed E-state index contributed by atoms with van der Waals surface area (Å²) in [6.45, 7) is 2.32. The minimum Gasteiger partial charge on any atom is -0.482 e. The van der Waals surface area contributed by atoms with Gasteiger partial charge in [-0.1, -0.05) is 35.5 Å². The molecule has 162 valence electrons. The number of esters is 1. The van der Waals surface area contributed by atoms with Crippen molar-refractivity contribution in [2.24, 2.45) is 5.73 Å². The number of carbonyl (C=O) groups is 2. The van der Waals surface area contributed by atoms with E-state index in [4.69, 9.17) is 19.7 Å². The summed E-state index contributed by atoms with van der Waals surface area (Å²) >= 11 is 0. The van der Waals surface area contributed by atoms with E-state index in [1.54, 1.807) is 37.3 Å². The van der Waals surface area contributed by atoms with Gasteiger partial charge >= 0.3 is 5.97 Å². The summed E-state index contributed by atoms with van der Waals surface area (Å²) in [5.41, 5.74) is 10.6. The van der Waals surface area contributed by atoms with Crippen molar-refractivity contribution in [2.75, 3.05) is 13.2 Å². The molecule has 2 N–H and O–H groups in total. The molecule has 1 aliphatic carbocycles. The molecule has 7 nitrogen and oxygen atoms in total. The zero-order valence-corrected chi connectivity index (χ0v) is 17.5. The maximum absolute atomic E-state index is 13.0. The fourth-order valence-corrected chi connectivity index (χ4v) is 3.41. The van der Waals surface area contributed by atoms with Crippen LogP contribution in [0, 0.1) is 0 Å². The van der Waals surface area contributed by atoms with E-state index >= 15 is 0 Å². The second kappa shape index (κ2) is 9.45. The molecule has 0 atom stereocenters. The van der Waals surface area contributed by atoms with Gasteiger partial charge in [-0.15, -0.1) is 0 Å². The van der Waals surface area contributed by atoms with Crippen LogP contribution in [-0.2, 0) is 16.1 Å². The van der Waals surface area contributed by atoms with E-state index in [1.807, 2.05) is 30.3 Å². The lowest BCUT2D eigenvalue weighted by molar-refractivity contribution is -0.145. The molecule has 32 heavy (non-hydrogen) atoms. The van der Waals surface area contributed by atoms with Crippen molar-refractivity contribution < 1.29 is 23.6 Å². The standard InChI is InChI=1S/C25H22N2O5/c1-2-30-23(28)15-31-19-9-7-17(8-10-19)24-20-11-12-21(22(20)14-32-27-24)25(29)18-5-3-16(13-26)4-6-18/h3-12,14H,2,13,15,26H2,1H3. The summed E-state index contributed by atoms with van der Waals surface area (Å²) in [6, 6.07) is 18.0. The Bertz CT molecular complexity index is 1200. The summed E-state index contributed by atoms with van der Waals surface area (Å²) in [4.78, 5) is 24.5. The van der Waals surface area contributed by atoms with Crippen LogP contribution in [0.3, 0.4) is 0 Å². The predicted molar refractivity (Wildman–Crippen MR) is 118 cm³/mol. The van der Waals surface area contributed by atoms with Crippen LogP contribution in [0.2, 0.25) is 0 Å². The van der Waals surface area contributed by atoms with Crippen LogP contribution in [0.4, 0.5) is 0 Å². The number of hydrogen-bond donors (Lipinski definition) is 1. The molecule has 0 radical (unpaired) electrons. The van der Waals surface area contributed by atoms with Gasteiger partial charge in [0.15, 0.2) is 12.4 Å². The molecule has 7 heteroatoms. The lowest BCUT2D eigenvalue weighted by Gasteiger charge is -2.09. The molecule has 0 spiro atoms. The maximum atomic E-state index is 13.0. The molecule has 2 aromatic rings. The molecule has 0 fully saturated rings. The van der Waals surface area contributed by atoms with Gasteiger partial charge in [0.1, 0.15) is 17.7 Å². The van der Waals surface area contributed by atoms with Crippen molar-refractivity contribution >= 4 is 11.8 Å². The van der Waals surface area contributed by atoms with Gasteiger partial charge in [0, 0.05) is 34.4 Å². The topological polar surface area (TPSA) is 105 Å². The number of rotatable bonds is 8. The maximum Gasteiger partial charge on any atom is 0.344 e. The van der Waals surface area contributed by atoms with Crippen molar-refractivity contribution in [3.8, 4) is 28.1 Å². The molecule has 0 saturated carbocycles. The minimum atomic E-state index is -0.423. The van der Waals surface area contributed by atoms with E-state index in [0.717, 1.165) is 16.7 Å². The van der Waals surface area contributed by atoms with Crippen LogP contribution in [0.5, 0.6) is 5.75 Å². The number of nitrogens with zero attached hydrogens (tertiary/aromatic N) is 1. The van der Waals surface area contributed by atoms with Gasteiger partial charge in [-0.25, -0.2) is 4.79 Å². The monoisotopic (exact) mass is 430 g/mol. The van der Waals surface area contributed by atoms with E-state index in [0.29, 0.717) is 41.3 Å².